The van der Waals surface area contributed by atoms with Crippen LogP contribution in [-0.4, -0.2) is 69.8 Å². The number of carbonyl (C=O) groups excluding carboxylic acids is 2. The molecule has 11 rings (SSSR count). The molecule has 14 heteroatoms. The van der Waals surface area contributed by atoms with E-state index in [1.807, 2.05) is 87.4 Å². The Morgan fingerprint density at radius 2 is 1.22 bits per heavy atom. The number of ketones is 2. The summed E-state index contributed by atoms with van der Waals surface area (Å²) in [5.74, 6) is 1.62. The van der Waals surface area contributed by atoms with Crippen LogP contribution in [0, 0.1) is 5.82 Å². The highest BCUT2D eigenvalue weighted by atomic mass is 19.1. The molecule has 3 fully saturated rings. The maximum Gasteiger partial charge on any atom is 0.224 e. The minimum absolute atomic E-state index is 0.0624. The van der Waals surface area contributed by atoms with Gasteiger partial charge in [0.1, 0.15) is 17.1 Å². The molecule has 13 nitrogen and oxygen atoms in total. The first-order valence-electron chi connectivity index (χ1n) is 25.8. The summed E-state index contributed by atoms with van der Waals surface area (Å²) >= 11 is 0. The number of pyridine rings is 1. The molecule has 0 radical (unpaired) electrons. The van der Waals surface area contributed by atoms with Crippen molar-refractivity contribution in [3.63, 3.8) is 0 Å². The van der Waals surface area contributed by atoms with E-state index in [0.29, 0.717) is 61.0 Å². The predicted molar refractivity (Wildman–Crippen MR) is 270 cm³/mol. The van der Waals surface area contributed by atoms with Gasteiger partial charge < -0.3 is 30.4 Å². The Balaban J connectivity index is 0.000000173. The number of carbonyl (C=O) groups is 2. The van der Waals surface area contributed by atoms with Gasteiger partial charge in [0.25, 0.3) is 0 Å². The summed E-state index contributed by atoms with van der Waals surface area (Å²) in [7, 11) is 0. The number of anilines is 2. The number of fused-ring (bicyclic) bond motifs is 7. The zero-order valence-electron chi connectivity index (χ0n) is 40.7. The number of hydrogen-bond acceptors (Lipinski definition) is 11. The molecule has 5 aromatic heterocycles. The minimum atomic E-state index is -0.151. The largest absolute Gasteiger partial charge is 0.351 e. The topological polar surface area (TPSA) is 157 Å². The van der Waals surface area contributed by atoms with Crippen molar-refractivity contribution in [2.24, 2.45) is 0 Å². The fourth-order valence-corrected chi connectivity index (χ4v) is 11.0. The Morgan fingerprint density at radius 1 is 0.632 bits per heavy atom. The van der Waals surface area contributed by atoms with Crippen LogP contribution in [0.2, 0.25) is 0 Å². The average Bonchev–Trinajstić information content (AvgIpc) is 3.98. The molecule has 1 aromatic carbocycles. The van der Waals surface area contributed by atoms with Gasteiger partial charge in [-0.3, -0.25) is 14.6 Å². The molecule has 2 aliphatic heterocycles. The van der Waals surface area contributed by atoms with Crippen molar-refractivity contribution in [3.8, 4) is 0 Å². The number of halogens is 1. The van der Waals surface area contributed by atoms with Crippen LogP contribution in [0.1, 0.15) is 169 Å². The Kier molecular flexibility index (Phi) is 16.6. The molecule has 6 aromatic rings. The van der Waals surface area contributed by atoms with E-state index in [4.69, 9.17) is 9.97 Å². The predicted octanol–water partition coefficient (Wildman–Crippen LogP) is 11.1. The van der Waals surface area contributed by atoms with Crippen LogP contribution in [0.4, 0.5) is 16.3 Å². The highest BCUT2D eigenvalue weighted by Gasteiger charge is 2.41. The standard InChI is InChI=1S/C27H34N6O.C23H26FN5O.2C2H6/c34-24-10-13-27(11-2-1-3-12-27)33-23(24)15-20-18-30-26(32-25(20)33)31-22-8-6-21(7-9-22)29-17-19-5-4-14-28-16-19;24-19-5-2-1-4-15(19)13-25-17-7-9-18(10-8-17)27-23-26-14-16-12-20-21(30)6-3-11-29(20)22(16)28-23;2*1-2/h4-5,14-16,18,21-22,29H,1-3,6-13,17H2,(H,30,31,32);1-2,4-5,12,14,17-18,25H,3,6-11,13H2,(H,26,27,28);2*1-2H3. The molecule has 3 saturated carbocycles. The number of aryl methyl sites for hydroxylation is 1. The van der Waals surface area contributed by atoms with E-state index >= 15 is 0 Å². The van der Waals surface area contributed by atoms with Crippen LogP contribution < -0.4 is 21.3 Å². The van der Waals surface area contributed by atoms with E-state index < -0.39 is 0 Å². The number of aromatic nitrogens is 7. The molecule has 0 amide bonds. The van der Waals surface area contributed by atoms with Gasteiger partial charge in [0, 0.05) is 103 Å². The summed E-state index contributed by atoms with van der Waals surface area (Å²) in [6.07, 6.45) is 25.2. The van der Waals surface area contributed by atoms with Crippen molar-refractivity contribution in [3.05, 3.63) is 102 Å². The molecule has 0 unspecified atom stereocenters. The second kappa shape index (κ2) is 23.1. The van der Waals surface area contributed by atoms with Crippen molar-refractivity contribution in [1.82, 2.24) is 44.7 Å². The summed E-state index contributed by atoms with van der Waals surface area (Å²) < 4.78 is 18.1. The van der Waals surface area contributed by atoms with Crippen molar-refractivity contribution in [2.75, 3.05) is 10.6 Å². The van der Waals surface area contributed by atoms with Crippen LogP contribution in [0.3, 0.4) is 0 Å². The van der Waals surface area contributed by atoms with Gasteiger partial charge in [-0.1, -0.05) is 71.2 Å². The SMILES string of the molecule is CC.CC.O=C1CCC2(CCCCC2)n2c1cc1cnc(NC3CCC(NCc4cccnc4)CC3)nc12.O=C1CCCn2c1cc1cnc(NC3CCC(NCc4ccccc4F)CC3)nc12. The van der Waals surface area contributed by atoms with Crippen LogP contribution in [0.5, 0.6) is 0 Å². The number of nitrogens with one attached hydrogen (secondary N) is 4. The third-order valence-electron chi connectivity index (χ3n) is 14.6. The Morgan fingerprint density at radius 3 is 1.87 bits per heavy atom. The zero-order chi connectivity index (χ0) is 47.5. The lowest BCUT2D eigenvalue weighted by Gasteiger charge is -2.42. The fourth-order valence-electron chi connectivity index (χ4n) is 11.0. The molecule has 68 heavy (non-hydrogen) atoms. The average molecular weight is 926 g/mol. The van der Waals surface area contributed by atoms with Crippen molar-refractivity contribution >= 4 is 45.5 Å². The smallest absolute Gasteiger partial charge is 0.224 e. The van der Waals surface area contributed by atoms with Crippen LogP contribution >= 0.6 is 0 Å². The molecular formula is C54H72FN11O2. The Bertz CT molecular complexity index is 2590. The molecule has 4 N–H and O–H groups in total. The van der Waals surface area contributed by atoms with Crippen LogP contribution in [0.25, 0.3) is 22.1 Å². The van der Waals surface area contributed by atoms with E-state index in [9.17, 15) is 14.0 Å². The van der Waals surface area contributed by atoms with E-state index in [2.05, 4.69) is 46.9 Å². The molecule has 0 saturated heterocycles. The van der Waals surface area contributed by atoms with Gasteiger partial charge in [0.05, 0.1) is 11.4 Å². The molecule has 3 aliphatic carbocycles. The fraction of sp³-hybridized carbons (Fsp3) is 0.537. The second-order valence-electron chi connectivity index (χ2n) is 18.8. The number of hydrogen-bond donors (Lipinski definition) is 4. The van der Waals surface area contributed by atoms with Gasteiger partial charge in [-0.05, 0) is 107 Å². The molecule has 5 aliphatic rings. The first kappa shape index (κ1) is 48.8. The first-order chi connectivity index (χ1) is 33.4. The van der Waals surface area contributed by atoms with Crippen molar-refractivity contribution in [2.45, 2.75) is 186 Å². The van der Waals surface area contributed by atoms with Gasteiger partial charge >= 0.3 is 0 Å². The molecular weight excluding hydrogens is 854 g/mol. The summed E-state index contributed by atoms with van der Waals surface area (Å²) in [6.45, 7) is 10.3. The van der Waals surface area contributed by atoms with Crippen LogP contribution in [-0.2, 0) is 25.2 Å². The van der Waals surface area contributed by atoms with Crippen molar-refractivity contribution in [1.29, 1.82) is 0 Å². The summed E-state index contributed by atoms with van der Waals surface area (Å²) in [5, 5.41) is 16.2. The lowest BCUT2D eigenvalue weighted by Crippen LogP contribution is -2.41. The summed E-state index contributed by atoms with van der Waals surface area (Å²) in [6, 6.07) is 16.6. The maximum atomic E-state index is 13.8. The monoisotopic (exact) mass is 926 g/mol. The summed E-state index contributed by atoms with van der Waals surface area (Å²) in [5.41, 5.74) is 5.39. The first-order valence-corrected chi connectivity index (χ1v) is 25.8. The Hall–Kier alpha value is -5.60. The normalized spacial score (nSPS) is 21.8. The van der Waals surface area contributed by atoms with Gasteiger partial charge in [0.15, 0.2) is 11.6 Å². The third kappa shape index (κ3) is 11.3. The Labute approximate surface area is 401 Å². The molecule has 362 valence electrons. The van der Waals surface area contributed by atoms with Gasteiger partial charge in [-0.25, -0.2) is 14.4 Å². The maximum absolute atomic E-state index is 13.8. The van der Waals surface area contributed by atoms with Crippen molar-refractivity contribution < 1.29 is 14.0 Å². The lowest BCUT2D eigenvalue weighted by molar-refractivity contribution is 0.0852. The van der Waals surface area contributed by atoms with Gasteiger partial charge in [-0.2, -0.15) is 9.97 Å². The van der Waals surface area contributed by atoms with Gasteiger partial charge in [0.2, 0.25) is 11.9 Å². The summed E-state index contributed by atoms with van der Waals surface area (Å²) in [4.78, 5) is 47.9. The number of nitrogens with zero attached hydrogens (tertiary/aromatic N) is 7. The minimum Gasteiger partial charge on any atom is -0.351 e. The quantitative estimate of drug-likeness (QED) is 0.104. The zero-order valence-corrected chi connectivity index (χ0v) is 40.7. The molecule has 1 spiro atoms. The van der Waals surface area contributed by atoms with E-state index in [1.165, 1.54) is 30.9 Å². The molecule has 7 heterocycles. The lowest BCUT2D eigenvalue weighted by atomic mass is 9.75. The van der Waals surface area contributed by atoms with E-state index in [1.54, 1.807) is 6.07 Å². The van der Waals surface area contributed by atoms with E-state index in [0.717, 1.165) is 124 Å². The van der Waals surface area contributed by atoms with Crippen LogP contribution in [0.15, 0.2) is 73.3 Å². The molecule has 0 bridgehead atoms. The van der Waals surface area contributed by atoms with E-state index in [-0.39, 0.29) is 22.9 Å². The number of rotatable bonds is 10. The van der Waals surface area contributed by atoms with Gasteiger partial charge in [-0.15, -0.1) is 0 Å². The highest BCUT2D eigenvalue weighted by molar-refractivity contribution is 6.01. The second-order valence-corrected chi connectivity index (χ2v) is 18.8. The third-order valence-corrected chi connectivity index (χ3v) is 14.6. The number of benzene rings is 1. The molecule has 0 atom stereocenters. The number of Topliss-reactive ketones (excluding diaryl/α,β-unsaturated/α-hetero) is 2. The highest BCUT2D eigenvalue weighted by Crippen LogP contribution is 2.45.